The lowest BCUT2D eigenvalue weighted by Gasteiger charge is -2.28. The molecule has 3 nitrogen and oxygen atoms in total. The molecule has 0 amide bonds. The lowest BCUT2D eigenvalue weighted by molar-refractivity contribution is 0.242. The Hall–Kier alpha value is -0.830. The van der Waals surface area contributed by atoms with E-state index in [2.05, 4.69) is 30.9 Å². The van der Waals surface area contributed by atoms with E-state index in [1.807, 2.05) is 11.7 Å². The van der Waals surface area contributed by atoms with Crippen LogP contribution in [0, 0.1) is 6.92 Å². The maximum absolute atomic E-state index is 4.56. The zero-order valence-corrected chi connectivity index (χ0v) is 8.83. The quantitative estimate of drug-likeness (QED) is 0.598. The molecule has 72 valence electrons. The zero-order chi connectivity index (χ0) is 9.59. The molecule has 0 aromatic carbocycles. The van der Waals surface area contributed by atoms with Gasteiger partial charge in [0.2, 0.25) is 0 Å². The van der Waals surface area contributed by atoms with Crippen LogP contribution in [0.2, 0.25) is 0 Å². The van der Waals surface area contributed by atoms with Crippen molar-refractivity contribution in [3.8, 4) is 0 Å². The second-order valence-corrected chi connectivity index (χ2v) is 3.98. The van der Waals surface area contributed by atoms with Crippen molar-refractivity contribution in [3.05, 3.63) is 17.0 Å². The molecule has 1 aliphatic heterocycles. The van der Waals surface area contributed by atoms with Crippen molar-refractivity contribution in [1.29, 1.82) is 0 Å². The van der Waals surface area contributed by atoms with Crippen molar-refractivity contribution in [2.24, 2.45) is 7.05 Å². The number of fused-ring (bicyclic) bond motifs is 1. The molecular formula is C10H17N3. The van der Waals surface area contributed by atoms with E-state index in [1.165, 1.54) is 17.0 Å². The van der Waals surface area contributed by atoms with Crippen LogP contribution >= 0.6 is 0 Å². The monoisotopic (exact) mass is 179 g/mol. The fourth-order valence-corrected chi connectivity index (χ4v) is 2.01. The van der Waals surface area contributed by atoms with Crippen molar-refractivity contribution in [2.45, 2.75) is 26.3 Å². The molecule has 0 N–H and O–H groups in total. The molecule has 0 bridgehead atoms. The minimum atomic E-state index is 0.476. The maximum atomic E-state index is 4.56. The molecule has 0 radical (unpaired) electrons. The lowest BCUT2D eigenvalue weighted by atomic mass is 10.00. The molecule has 0 spiro atoms. The maximum Gasteiger partial charge on any atom is 0.0828 e. The van der Waals surface area contributed by atoms with Gasteiger partial charge in [-0.1, -0.05) is 0 Å². The average Bonchev–Trinajstić information content (AvgIpc) is 2.38. The molecule has 2 rings (SSSR count). The zero-order valence-electron chi connectivity index (χ0n) is 8.83. The van der Waals surface area contributed by atoms with Crippen LogP contribution in [0.15, 0.2) is 0 Å². The van der Waals surface area contributed by atoms with Gasteiger partial charge in [0.1, 0.15) is 0 Å². The van der Waals surface area contributed by atoms with Crippen LogP contribution in [-0.2, 0) is 13.5 Å². The Kier molecular flexibility index (Phi) is 1.91. The Labute approximate surface area is 79.3 Å². The first-order valence-corrected chi connectivity index (χ1v) is 4.84. The Morgan fingerprint density at radius 1 is 1.38 bits per heavy atom. The number of rotatable bonds is 0. The molecule has 2 heterocycles. The summed E-state index contributed by atoms with van der Waals surface area (Å²) in [5, 5.41) is 4.56. The van der Waals surface area contributed by atoms with Crippen LogP contribution in [0.25, 0.3) is 0 Å². The fourth-order valence-electron chi connectivity index (χ4n) is 2.01. The van der Waals surface area contributed by atoms with Gasteiger partial charge in [-0.05, 0) is 32.9 Å². The fraction of sp³-hybridized carbons (Fsp3) is 0.700. The number of aryl methyl sites for hydroxylation is 1. The Bertz CT molecular complexity index is 327. The summed E-state index contributed by atoms with van der Waals surface area (Å²) in [5.74, 6) is 0. The number of hydrogen-bond donors (Lipinski definition) is 0. The summed E-state index contributed by atoms with van der Waals surface area (Å²) in [4.78, 5) is 2.36. The van der Waals surface area contributed by atoms with Crippen LogP contribution in [0.3, 0.4) is 0 Å². The summed E-state index contributed by atoms with van der Waals surface area (Å²) in [6.45, 7) is 5.54. The standard InChI is InChI=1S/C10H17N3/c1-7-9-5-6-12(3)8(2)10(9)11-13(7)4/h8H,5-6H2,1-4H3/t8-/m0/s1. The highest BCUT2D eigenvalue weighted by atomic mass is 15.3. The summed E-state index contributed by atoms with van der Waals surface area (Å²) >= 11 is 0. The average molecular weight is 179 g/mol. The van der Waals surface area contributed by atoms with Gasteiger partial charge >= 0.3 is 0 Å². The second-order valence-electron chi connectivity index (χ2n) is 3.98. The van der Waals surface area contributed by atoms with Crippen LogP contribution in [0.1, 0.15) is 29.9 Å². The van der Waals surface area contributed by atoms with Crippen LogP contribution in [0.5, 0.6) is 0 Å². The highest BCUT2D eigenvalue weighted by molar-refractivity contribution is 5.30. The summed E-state index contributed by atoms with van der Waals surface area (Å²) in [6.07, 6.45) is 1.15. The molecular weight excluding hydrogens is 162 g/mol. The third-order valence-corrected chi connectivity index (χ3v) is 3.26. The highest BCUT2D eigenvalue weighted by Crippen LogP contribution is 2.28. The number of likely N-dealkylation sites (N-methyl/N-ethyl adjacent to an activating group) is 1. The first-order valence-electron chi connectivity index (χ1n) is 4.84. The Morgan fingerprint density at radius 2 is 2.08 bits per heavy atom. The lowest BCUT2D eigenvalue weighted by Crippen LogP contribution is -2.30. The molecule has 0 saturated heterocycles. The van der Waals surface area contributed by atoms with Gasteiger partial charge in [-0.3, -0.25) is 9.58 Å². The van der Waals surface area contributed by atoms with Gasteiger partial charge < -0.3 is 0 Å². The first kappa shape index (κ1) is 8.75. The summed E-state index contributed by atoms with van der Waals surface area (Å²) in [7, 11) is 4.19. The van der Waals surface area contributed by atoms with Crippen molar-refractivity contribution in [2.75, 3.05) is 13.6 Å². The summed E-state index contributed by atoms with van der Waals surface area (Å²) in [6, 6.07) is 0.476. The van der Waals surface area contributed by atoms with Gasteiger partial charge in [-0.25, -0.2) is 0 Å². The van der Waals surface area contributed by atoms with Gasteiger partial charge in [-0.2, -0.15) is 5.10 Å². The van der Waals surface area contributed by atoms with Crippen molar-refractivity contribution in [1.82, 2.24) is 14.7 Å². The van der Waals surface area contributed by atoms with Gasteiger partial charge in [-0.15, -0.1) is 0 Å². The van der Waals surface area contributed by atoms with Gasteiger partial charge in [0.05, 0.1) is 11.7 Å². The molecule has 3 heteroatoms. The van der Waals surface area contributed by atoms with E-state index in [1.54, 1.807) is 0 Å². The third kappa shape index (κ3) is 1.18. The number of aromatic nitrogens is 2. The van der Waals surface area contributed by atoms with Crippen molar-refractivity contribution in [3.63, 3.8) is 0 Å². The molecule has 0 aliphatic carbocycles. The molecule has 1 aromatic heterocycles. The third-order valence-electron chi connectivity index (χ3n) is 3.26. The van der Waals surface area contributed by atoms with Crippen molar-refractivity contribution < 1.29 is 0 Å². The first-order chi connectivity index (χ1) is 6.11. The molecule has 0 unspecified atom stereocenters. The number of nitrogens with zero attached hydrogens (tertiary/aromatic N) is 3. The van der Waals surface area contributed by atoms with Crippen LogP contribution in [0.4, 0.5) is 0 Å². The van der Waals surface area contributed by atoms with E-state index < -0.39 is 0 Å². The van der Waals surface area contributed by atoms with Gasteiger partial charge in [0.25, 0.3) is 0 Å². The molecule has 0 saturated carbocycles. The molecule has 0 fully saturated rings. The van der Waals surface area contributed by atoms with Crippen molar-refractivity contribution >= 4 is 0 Å². The molecule has 13 heavy (non-hydrogen) atoms. The minimum absolute atomic E-state index is 0.476. The SMILES string of the molecule is Cc1c2c(nn1C)[C@H](C)N(C)CC2. The van der Waals surface area contributed by atoms with Gasteiger partial charge in [0, 0.05) is 19.3 Å². The van der Waals surface area contributed by atoms with E-state index in [9.17, 15) is 0 Å². The van der Waals surface area contributed by atoms with E-state index in [0.717, 1.165) is 13.0 Å². The second kappa shape index (κ2) is 2.84. The molecule has 1 aromatic rings. The molecule has 1 atom stereocenters. The summed E-state index contributed by atoms with van der Waals surface area (Å²) in [5.41, 5.74) is 4.07. The smallest absolute Gasteiger partial charge is 0.0828 e. The number of hydrogen-bond acceptors (Lipinski definition) is 2. The Balaban J connectivity index is 2.49. The normalized spacial score (nSPS) is 23.2. The highest BCUT2D eigenvalue weighted by Gasteiger charge is 2.25. The predicted molar refractivity (Wildman–Crippen MR) is 52.7 cm³/mol. The Morgan fingerprint density at radius 3 is 2.77 bits per heavy atom. The van der Waals surface area contributed by atoms with E-state index >= 15 is 0 Å². The van der Waals surface area contributed by atoms with Gasteiger partial charge in [0.15, 0.2) is 0 Å². The van der Waals surface area contributed by atoms with E-state index in [0.29, 0.717) is 6.04 Å². The van der Waals surface area contributed by atoms with E-state index in [4.69, 9.17) is 0 Å². The van der Waals surface area contributed by atoms with Crippen LogP contribution in [-0.4, -0.2) is 28.3 Å². The predicted octanol–water partition coefficient (Wildman–Crippen LogP) is 1.28. The largest absolute Gasteiger partial charge is 0.298 e. The van der Waals surface area contributed by atoms with Crippen LogP contribution < -0.4 is 0 Å². The molecule has 1 aliphatic rings. The minimum Gasteiger partial charge on any atom is -0.298 e. The van der Waals surface area contributed by atoms with E-state index in [-0.39, 0.29) is 0 Å². The summed E-state index contributed by atoms with van der Waals surface area (Å²) < 4.78 is 2.00. The topological polar surface area (TPSA) is 21.1 Å².